The average Bonchev–Trinajstić information content (AvgIpc) is 2.67. The van der Waals surface area contributed by atoms with Crippen LogP contribution in [0.4, 0.5) is 0 Å². The number of phenolic OH excluding ortho intramolecular Hbond substituents is 3. The highest BCUT2D eigenvalue weighted by Crippen LogP contribution is 2.54. The van der Waals surface area contributed by atoms with Gasteiger partial charge in [0.2, 0.25) is 0 Å². The van der Waals surface area contributed by atoms with Gasteiger partial charge in [-0.1, -0.05) is 51.1 Å². The Labute approximate surface area is 183 Å². The first-order valence-corrected chi connectivity index (χ1v) is 10.6. The summed E-state index contributed by atoms with van der Waals surface area (Å²) in [7, 11) is 0. The molecular formula is C27H30O4. The summed E-state index contributed by atoms with van der Waals surface area (Å²) in [6.07, 6.45) is 0.675. The van der Waals surface area contributed by atoms with Crippen LogP contribution in [0.3, 0.4) is 0 Å². The molecule has 0 saturated carbocycles. The van der Waals surface area contributed by atoms with Gasteiger partial charge in [-0.3, -0.25) is 0 Å². The summed E-state index contributed by atoms with van der Waals surface area (Å²) in [5.41, 5.74) is 2.15. The first kappa shape index (κ1) is 21.1. The lowest BCUT2D eigenvalue weighted by Crippen LogP contribution is -2.43. The molecule has 3 aromatic carbocycles. The zero-order valence-corrected chi connectivity index (χ0v) is 18.7. The first-order valence-electron chi connectivity index (χ1n) is 10.6. The molecule has 162 valence electrons. The molecule has 3 N–H and O–H groups in total. The van der Waals surface area contributed by atoms with Gasteiger partial charge in [0, 0.05) is 28.4 Å². The number of hydrogen-bond donors (Lipinski definition) is 3. The topological polar surface area (TPSA) is 69.9 Å². The highest BCUT2D eigenvalue weighted by molar-refractivity contribution is 5.61. The van der Waals surface area contributed by atoms with Crippen LogP contribution in [0.25, 0.3) is 0 Å². The first-order chi connectivity index (χ1) is 14.4. The molecule has 1 aliphatic rings. The molecule has 4 rings (SSSR count). The summed E-state index contributed by atoms with van der Waals surface area (Å²) >= 11 is 0. The van der Waals surface area contributed by atoms with Crippen molar-refractivity contribution in [2.75, 3.05) is 0 Å². The minimum Gasteiger partial charge on any atom is -0.508 e. The number of fused-ring (bicyclic) bond motifs is 1. The van der Waals surface area contributed by atoms with E-state index in [2.05, 4.69) is 34.6 Å². The van der Waals surface area contributed by atoms with Crippen LogP contribution in [0, 0.1) is 0 Å². The van der Waals surface area contributed by atoms with E-state index in [4.69, 9.17) is 4.74 Å². The van der Waals surface area contributed by atoms with Crippen LogP contribution in [-0.4, -0.2) is 20.9 Å². The van der Waals surface area contributed by atoms with Gasteiger partial charge in [-0.2, -0.15) is 0 Å². The summed E-state index contributed by atoms with van der Waals surface area (Å²) < 4.78 is 6.29. The van der Waals surface area contributed by atoms with Gasteiger partial charge in [0.05, 0.1) is 0 Å². The van der Waals surface area contributed by atoms with Crippen molar-refractivity contribution in [3.63, 3.8) is 0 Å². The van der Waals surface area contributed by atoms with E-state index in [9.17, 15) is 15.3 Å². The van der Waals surface area contributed by atoms with Gasteiger partial charge in [0.1, 0.15) is 28.6 Å². The Kier molecular flexibility index (Phi) is 4.73. The fraction of sp³-hybridized carbons (Fsp3) is 0.333. The lowest BCUT2D eigenvalue weighted by molar-refractivity contribution is 0.0568. The van der Waals surface area contributed by atoms with Gasteiger partial charge in [-0.15, -0.1) is 0 Å². The molecule has 0 aromatic heterocycles. The fourth-order valence-corrected chi connectivity index (χ4v) is 5.08. The van der Waals surface area contributed by atoms with E-state index in [0.717, 1.165) is 22.3 Å². The molecule has 1 unspecified atom stereocenters. The average molecular weight is 419 g/mol. The molecule has 1 heterocycles. The van der Waals surface area contributed by atoms with Crippen molar-refractivity contribution in [1.29, 1.82) is 0 Å². The molecule has 0 aliphatic carbocycles. The minimum atomic E-state index is -0.504. The van der Waals surface area contributed by atoms with Crippen LogP contribution in [0.1, 0.15) is 63.3 Å². The van der Waals surface area contributed by atoms with Gasteiger partial charge >= 0.3 is 0 Å². The Morgan fingerprint density at radius 1 is 0.774 bits per heavy atom. The number of phenols is 3. The number of hydrogen-bond acceptors (Lipinski definition) is 4. The van der Waals surface area contributed by atoms with Crippen LogP contribution in [0.15, 0.2) is 60.7 Å². The minimum absolute atomic E-state index is 0.213. The molecule has 0 saturated heterocycles. The van der Waals surface area contributed by atoms with Gasteiger partial charge in [0.25, 0.3) is 0 Å². The maximum atomic E-state index is 11.6. The summed E-state index contributed by atoms with van der Waals surface area (Å²) in [5.74, 6) is 1.33. The van der Waals surface area contributed by atoms with Gasteiger partial charge < -0.3 is 20.1 Å². The summed E-state index contributed by atoms with van der Waals surface area (Å²) in [5, 5.41) is 31.1. The van der Waals surface area contributed by atoms with Crippen LogP contribution < -0.4 is 4.74 Å². The zero-order valence-electron chi connectivity index (χ0n) is 18.7. The fourth-order valence-electron chi connectivity index (χ4n) is 5.08. The highest BCUT2D eigenvalue weighted by Gasteiger charge is 2.46. The Bertz CT molecular complexity index is 1110. The molecule has 0 radical (unpaired) electrons. The van der Waals surface area contributed by atoms with Gasteiger partial charge in [0.15, 0.2) is 0 Å². The maximum absolute atomic E-state index is 11.6. The van der Waals surface area contributed by atoms with Crippen molar-refractivity contribution in [2.24, 2.45) is 0 Å². The lowest BCUT2D eigenvalue weighted by atomic mass is 9.66. The molecule has 0 fully saturated rings. The molecule has 4 nitrogen and oxygen atoms in total. The molecule has 1 aliphatic heterocycles. The van der Waals surface area contributed by atoms with Crippen LogP contribution in [0.2, 0.25) is 0 Å². The van der Waals surface area contributed by atoms with Gasteiger partial charge in [-0.05, 0) is 55.3 Å². The van der Waals surface area contributed by atoms with Crippen molar-refractivity contribution in [3.8, 4) is 23.0 Å². The molecule has 1 atom stereocenters. The molecule has 0 spiro atoms. The third kappa shape index (κ3) is 3.50. The molecule has 3 aromatic rings. The molecule has 4 heteroatoms. The lowest BCUT2D eigenvalue weighted by Gasteiger charge is -2.45. The Morgan fingerprint density at radius 3 is 1.90 bits per heavy atom. The predicted molar refractivity (Wildman–Crippen MR) is 122 cm³/mol. The number of benzene rings is 3. The summed E-state index contributed by atoms with van der Waals surface area (Å²) in [4.78, 5) is 0. The largest absolute Gasteiger partial charge is 0.508 e. The smallest absolute Gasteiger partial charge is 0.127 e. The highest BCUT2D eigenvalue weighted by atomic mass is 16.5. The number of ether oxygens (including phenoxy) is 1. The van der Waals surface area contributed by atoms with Crippen LogP contribution >= 0.6 is 0 Å². The summed E-state index contributed by atoms with van der Waals surface area (Å²) in [6.45, 7) is 10.4. The number of rotatable bonds is 3. The SMILES string of the molecule is CC1(C)CC(C)(c2ccc(O)cc2)c2c(ccc(C(C)(C)c3ccc(O)cc3)c2O)O1. The van der Waals surface area contributed by atoms with Crippen molar-refractivity contribution in [1.82, 2.24) is 0 Å². The van der Waals surface area contributed by atoms with E-state index in [-0.39, 0.29) is 17.2 Å². The molecule has 0 amide bonds. The third-order valence-electron chi connectivity index (χ3n) is 6.62. The molecule has 0 bridgehead atoms. The second kappa shape index (κ2) is 6.94. The van der Waals surface area contributed by atoms with E-state index in [0.29, 0.717) is 12.2 Å². The Balaban J connectivity index is 1.93. The zero-order chi connectivity index (χ0) is 22.6. The van der Waals surface area contributed by atoms with Crippen molar-refractivity contribution in [3.05, 3.63) is 82.9 Å². The molecule has 31 heavy (non-hydrogen) atoms. The van der Waals surface area contributed by atoms with Crippen molar-refractivity contribution in [2.45, 2.75) is 57.5 Å². The Hall–Kier alpha value is -3.14. The van der Waals surface area contributed by atoms with E-state index in [1.807, 2.05) is 36.4 Å². The monoisotopic (exact) mass is 418 g/mol. The normalized spacial score (nSPS) is 20.0. The third-order valence-corrected chi connectivity index (χ3v) is 6.62. The predicted octanol–water partition coefficient (Wildman–Crippen LogP) is 6.00. The van der Waals surface area contributed by atoms with Crippen molar-refractivity contribution >= 4 is 0 Å². The Morgan fingerprint density at radius 2 is 1.32 bits per heavy atom. The second-order valence-electron chi connectivity index (χ2n) is 9.92. The quantitative estimate of drug-likeness (QED) is 0.488. The molecular weight excluding hydrogens is 388 g/mol. The summed E-state index contributed by atoms with van der Waals surface area (Å²) in [6, 6.07) is 18.2. The maximum Gasteiger partial charge on any atom is 0.127 e. The van der Waals surface area contributed by atoms with Crippen molar-refractivity contribution < 1.29 is 20.1 Å². The van der Waals surface area contributed by atoms with E-state index < -0.39 is 16.4 Å². The second-order valence-corrected chi connectivity index (χ2v) is 9.92. The standard InChI is InChI=1S/C27H30O4/c1-25(2)16-27(5,18-8-12-20(29)13-9-18)23-22(31-25)15-14-21(24(23)30)26(3,4)17-6-10-19(28)11-7-17/h6-15,28-30H,16H2,1-5H3. The van der Waals surface area contributed by atoms with E-state index in [1.54, 1.807) is 24.3 Å². The number of aromatic hydroxyl groups is 3. The van der Waals surface area contributed by atoms with E-state index in [1.165, 1.54) is 0 Å². The van der Waals surface area contributed by atoms with Crippen LogP contribution in [0.5, 0.6) is 23.0 Å². The van der Waals surface area contributed by atoms with Crippen LogP contribution in [-0.2, 0) is 10.8 Å². The van der Waals surface area contributed by atoms with Gasteiger partial charge in [-0.25, -0.2) is 0 Å². The van der Waals surface area contributed by atoms with E-state index >= 15 is 0 Å².